The zero-order chi connectivity index (χ0) is 23.1. The third-order valence-electron chi connectivity index (χ3n) is 6.80. The summed E-state index contributed by atoms with van der Waals surface area (Å²) < 4.78 is 10.7. The van der Waals surface area contributed by atoms with Crippen LogP contribution in [0.25, 0.3) is 0 Å². The van der Waals surface area contributed by atoms with Crippen LogP contribution in [0.1, 0.15) is 121 Å². The van der Waals surface area contributed by atoms with Gasteiger partial charge in [-0.15, -0.1) is 0 Å². The van der Waals surface area contributed by atoms with Crippen molar-refractivity contribution in [1.29, 1.82) is 0 Å². The first kappa shape index (κ1) is 26.7. The number of ether oxygens (including phenoxy) is 2. The van der Waals surface area contributed by atoms with Gasteiger partial charge in [0, 0.05) is 0 Å². The number of carbonyl (C=O) groups is 1. The Morgan fingerprint density at radius 1 is 0.875 bits per heavy atom. The Kier molecular flexibility index (Phi) is 12.8. The van der Waals surface area contributed by atoms with E-state index in [0.717, 1.165) is 24.8 Å². The molecule has 0 unspecified atom stereocenters. The van der Waals surface area contributed by atoms with Crippen molar-refractivity contribution in [1.82, 2.24) is 0 Å². The molecule has 4 nitrogen and oxygen atoms in total. The zero-order valence-electron chi connectivity index (χ0n) is 20.6. The van der Waals surface area contributed by atoms with E-state index in [9.17, 15) is 9.90 Å². The number of rotatable bonds is 15. The van der Waals surface area contributed by atoms with E-state index in [0.29, 0.717) is 32.3 Å². The van der Waals surface area contributed by atoms with Crippen molar-refractivity contribution in [2.75, 3.05) is 6.61 Å². The van der Waals surface area contributed by atoms with Crippen LogP contribution >= 0.6 is 0 Å². The highest BCUT2D eigenvalue weighted by atomic mass is 16.7. The van der Waals surface area contributed by atoms with Crippen molar-refractivity contribution in [2.24, 2.45) is 0 Å². The van der Waals surface area contributed by atoms with Gasteiger partial charge < -0.3 is 14.6 Å². The molecule has 0 bridgehead atoms. The number of carbonyl (C=O) groups excluding carboxylic acids is 1. The third kappa shape index (κ3) is 9.94. The summed E-state index contributed by atoms with van der Waals surface area (Å²) in [7, 11) is 0. The Morgan fingerprint density at radius 2 is 1.44 bits per heavy atom. The molecule has 0 saturated heterocycles. The SMILES string of the molecule is CCCCCCCCOC(=O)OC1CCC(O)(c2ccc(CCCCCCC)cc2)CC1. The quantitative estimate of drug-likeness (QED) is 0.220. The first-order valence-electron chi connectivity index (χ1n) is 13.2. The molecule has 4 heteroatoms. The van der Waals surface area contributed by atoms with Gasteiger partial charge in [-0.25, -0.2) is 4.79 Å². The van der Waals surface area contributed by atoms with Gasteiger partial charge in [-0.3, -0.25) is 0 Å². The number of unbranched alkanes of at least 4 members (excludes halogenated alkanes) is 9. The summed E-state index contributed by atoms with van der Waals surface area (Å²) >= 11 is 0. The Hall–Kier alpha value is -1.55. The highest BCUT2D eigenvalue weighted by Gasteiger charge is 2.36. The first-order chi connectivity index (χ1) is 15.6. The highest BCUT2D eigenvalue weighted by Crippen LogP contribution is 2.38. The fourth-order valence-corrected chi connectivity index (χ4v) is 4.60. The van der Waals surface area contributed by atoms with Crippen LogP contribution in [-0.4, -0.2) is 24.0 Å². The van der Waals surface area contributed by atoms with Gasteiger partial charge >= 0.3 is 6.16 Å². The molecule has 1 fully saturated rings. The van der Waals surface area contributed by atoms with Crippen LogP contribution in [-0.2, 0) is 21.5 Å². The Morgan fingerprint density at radius 3 is 2.06 bits per heavy atom. The van der Waals surface area contributed by atoms with E-state index in [4.69, 9.17) is 9.47 Å². The topological polar surface area (TPSA) is 55.8 Å². The standard InChI is InChI=1S/C28H46O4/c1-3-5-7-9-11-13-23-31-27(29)32-26-19-21-28(30,22-20-26)25-17-15-24(16-18-25)14-12-10-8-6-4-2/h15-18,26,30H,3-14,19-23H2,1-2H3. The van der Waals surface area contributed by atoms with Crippen molar-refractivity contribution < 1.29 is 19.4 Å². The average Bonchev–Trinajstić information content (AvgIpc) is 2.80. The maximum absolute atomic E-state index is 12.0. The second-order valence-electron chi connectivity index (χ2n) is 9.58. The van der Waals surface area contributed by atoms with E-state index in [1.165, 1.54) is 63.4 Å². The average molecular weight is 447 g/mol. The summed E-state index contributed by atoms with van der Waals surface area (Å²) in [5, 5.41) is 11.1. The Labute approximate surface area is 196 Å². The molecule has 0 spiro atoms. The molecular formula is C28H46O4. The first-order valence-corrected chi connectivity index (χ1v) is 13.2. The molecule has 0 aliphatic heterocycles. The van der Waals surface area contributed by atoms with E-state index >= 15 is 0 Å². The van der Waals surface area contributed by atoms with Gasteiger partial charge in [-0.05, 0) is 56.1 Å². The lowest BCUT2D eigenvalue weighted by molar-refractivity contribution is -0.0538. The molecule has 0 aromatic heterocycles. The van der Waals surface area contributed by atoms with Crippen molar-refractivity contribution in [2.45, 2.75) is 128 Å². The summed E-state index contributed by atoms with van der Waals surface area (Å²) in [6.07, 6.45) is 16.4. The number of benzene rings is 1. The highest BCUT2D eigenvalue weighted by molar-refractivity contribution is 5.60. The summed E-state index contributed by atoms with van der Waals surface area (Å²) in [4.78, 5) is 12.0. The Bertz CT molecular complexity index is 617. The number of hydrogen-bond acceptors (Lipinski definition) is 4. The Balaban J connectivity index is 1.64. The number of aryl methyl sites for hydroxylation is 1. The van der Waals surface area contributed by atoms with Gasteiger partial charge in [-0.2, -0.15) is 0 Å². The summed E-state index contributed by atoms with van der Waals surface area (Å²) in [5.74, 6) is 0. The third-order valence-corrected chi connectivity index (χ3v) is 6.80. The van der Waals surface area contributed by atoms with Crippen LogP contribution in [0, 0.1) is 0 Å². The van der Waals surface area contributed by atoms with Crippen molar-refractivity contribution >= 4 is 6.16 Å². The number of hydrogen-bond donors (Lipinski definition) is 1. The predicted octanol–water partition coefficient (Wildman–Crippen LogP) is 7.84. The lowest BCUT2D eigenvalue weighted by Crippen LogP contribution is -2.35. The van der Waals surface area contributed by atoms with Crippen LogP contribution in [0.2, 0.25) is 0 Å². The van der Waals surface area contributed by atoms with E-state index < -0.39 is 11.8 Å². The lowest BCUT2D eigenvalue weighted by Gasteiger charge is -2.36. The van der Waals surface area contributed by atoms with Crippen LogP contribution in [0.15, 0.2) is 24.3 Å². The van der Waals surface area contributed by atoms with Crippen molar-refractivity contribution in [3.63, 3.8) is 0 Å². The van der Waals surface area contributed by atoms with Crippen molar-refractivity contribution in [3.05, 3.63) is 35.4 Å². The van der Waals surface area contributed by atoms with Crippen LogP contribution in [0.3, 0.4) is 0 Å². The van der Waals surface area contributed by atoms with Crippen LogP contribution in [0.5, 0.6) is 0 Å². The fraction of sp³-hybridized carbons (Fsp3) is 0.750. The van der Waals surface area contributed by atoms with E-state index in [-0.39, 0.29) is 6.10 Å². The summed E-state index contributed by atoms with van der Waals surface area (Å²) in [6.45, 7) is 4.89. The van der Waals surface area contributed by atoms with Gasteiger partial charge in [0.05, 0.1) is 12.2 Å². The van der Waals surface area contributed by atoms with Gasteiger partial charge in [-0.1, -0.05) is 95.9 Å². The van der Waals surface area contributed by atoms with Gasteiger partial charge in [0.2, 0.25) is 0 Å². The minimum atomic E-state index is -0.818. The van der Waals surface area contributed by atoms with Gasteiger partial charge in [0.15, 0.2) is 0 Å². The molecule has 0 atom stereocenters. The van der Waals surface area contributed by atoms with Crippen LogP contribution in [0.4, 0.5) is 4.79 Å². The monoisotopic (exact) mass is 446 g/mol. The molecule has 1 aliphatic carbocycles. The second kappa shape index (κ2) is 15.3. The molecule has 0 heterocycles. The molecule has 0 radical (unpaired) electrons. The molecule has 1 aromatic rings. The maximum Gasteiger partial charge on any atom is 0.508 e. The second-order valence-corrected chi connectivity index (χ2v) is 9.58. The minimum Gasteiger partial charge on any atom is -0.434 e. The lowest BCUT2D eigenvalue weighted by atomic mass is 9.78. The molecule has 1 saturated carbocycles. The summed E-state index contributed by atoms with van der Waals surface area (Å²) in [6, 6.07) is 8.49. The smallest absolute Gasteiger partial charge is 0.434 e. The molecule has 0 amide bonds. The number of aliphatic hydroxyl groups is 1. The fourth-order valence-electron chi connectivity index (χ4n) is 4.60. The van der Waals surface area contributed by atoms with Gasteiger partial charge in [0.25, 0.3) is 0 Å². The minimum absolute atomic E-state index is 0.158. The normalized spacial score (nSPS) is 20.8. The molecule has 1 aromatic carbocycles. The molecule has 1 aliphatic rings. The van der Waals surface area contributed by atoms with Crippen LogP contribution < -0.4 is 0 Å². The molecule has 32 heavy (non-hydrogen) atoms. The maximum atomic E-state index is 12.0. The van der Waals surface area contributed by atoms with Crippen molar-refractivity contribution in [3.8, 4) is 0 Å². The zero-order valence-corrected chi connectivity index (χ0v) is 20.6. The van der Waals surface area contributed by atoms with Gasteiger partial charge in [0.1, 0.15) is 6.10 Å². The van der Waals surface area contributed by atoms with E-state index in [1.54, 1.807) is 0 Å². The molecule has 1 N–H and O–H groups in total. The largest absolute Gasteiger partial charge is 0.508 e. The predicted molar refractivity (Wildman–Crippen MR) is 131 cm³/mol. The van der Waals surface area contributed by atoms with E-state index in [1.807, 2.05) is 0 Å². The van der Waals surface area contributed by atoms with E-state index in [2.05, 4.69) is 38.1 Å². The summed E-state index contributed by atoms with van der Waals surface area (Å²) in [5.41, 5.74) is 1.51. The molecule has 2 rings (SSSR count). The molecule has 182 valence electrons. The molecular weight excluding hydrogens is 400 g/mol.